The van der Waals surface area contributed by atoms with E-state index < -0.39 is 0 Å². The fourth-order valence-corrected chi connectivity index (χ4v) is 1.84. The summed E-state index contributed by atoms with van der Waals surface area (Å²) >= 11 is 0. The van der Waals surface area contributed by atoms with E-state index in [4.69, 9.17) is 4.74 Å². The Morgan fingerprint density at radius 1 is 1.32 bits per heavy atom. The number of phenolic OH excluding ortho intramolecular Hbond substituents is 1. The van der Waals surface area contributed by atoms with Crippen molar-refractivity contribution in [2.75, 3.05) is 20.2 Å². The Labute approximate surface area is 117 Å². The number of phenols is 1. The van der Waals surface area contributed by atoms with E-state index in [0.29, 0.717) is 18.3 Å². The smallest absolute Gasteiger partial charge is 0.123 e. The highest BCUT2D eigenvalue weighted by molar-refractivity contribution is 5.39. The number of hydrogen-bond acceptors (Lipinski definition) is 3. The van der Waals surface area contributed by atoms with Crippen LogP contribution in [-0.2, 0) is 6.54 Å². The molecule has 0 radical (unpaired) electrons. The summed E-state index contributed by atoms with van der Waals surface area (Å²) in [6, 6.07) is 5.59. The molecule has 0 amide bonds. The van der Waals surface area contributed by atoms with Crippen molar-refractivity contribution < 1.29 is 9.84 Å². The average Bonchev–Trinajstić information content (AvgIpc) is 2.37. The number of hydrogen-bond donors (Lipinski definition) is 1. The fraction of sp³-hybridized carbons (Fsp3) is 0.625. The SMILES string of the molecule is CCCOc1ccc(CN(C)CCC(C)C)c(O)c1. The van der Waals surface area contributed by atoms with Gasteiger partial charge in [0.05, 0.1) is 6.61 Å². The summed E-state index contributed by atoms with van der Waals surface area (Å²) in [4.78, 5) is 2.24. The van der Waals surface area contributed by atoms with Crippen LogP contribution in [0, 0.1) is 5.92 Å². The van der Waals surface area contributed by atoms with E-state index in [1.54, 1.807) is 6.07 Å². The van der Waals surface area contributed by atoms with Crippen LogP contribution in [0.25, 0.3) is 0 Å². The van der Waals surface area contributed by atoms with Gasteiger partial charge in [-0.15, -0.1) is 0 Å². The summed E-state index contributed by atoms with van der Waals surface area (Å²) in [6.45, 7) is 9.03. The van der Waals surface area contributed by atoms with Crippen molar-refractivity contribution in [1.29, 1.82) is 0 Å². The Hall–Kier alpha value is -1.22. The third kappa shape index (κ3) is 5.97. The molecule has 0 aromatic heterocycles. The van der Waals surface area contributed by atoms with Crippen molar-refractivity contribution in [3.8, 4) is 11.5 Å². The second kappa shape index (κ2) is 8.05. The van der Waals surface area contributed by atoms with Crippen LogP contribution < -0.4 is 4.74 Å². The number of aromatic hydroxyl groups is 1. The van der Waals surface area contributed by atoms with Gasteiger partial charge in [-0.25, -0.2) is 0 Å². The van der Waals surface area contributed by atoms with Gasteiger partial charge in [-0.2, -0.15) is 0 Å². The molecule has 1 aromatic rings. The Morgan fingerprint density at radius 3 is 2.63 bits per heavy atom. The van der Waals surface area contributed by atoms with Crippen LogP contribution in [0.4, 0.5) is 0 Å². The summed E-state index contributed by atoms with van der Waals surface area (Å²) < 4.78 is 5.50. The van der Waals surface area contributed by atoms with Crippen molar-refractivity contribution in [2.45, 2.75) is 40.2 Å². The first-order chi connectivity index (χ1) is 9.02. The van der Waals surface area contributed by atoms with E-state index in [1.165, 1.54) is 6.42 Å². The Balaban J connectivity index is 2.54. The Kier molecular flexibility index (Phi) is 6.71. The van der Waals surface area contributed by atoms with Crippen molar-refractivity contribution in [3.63, 3.8) is 0 Å². The summed E-state index contributed by atoms with van der Waals surface area (Å²) in [6.07, 6.45) is 2.15. The van der Waals surface area contributed by atoms with Gasteiger partial charge in [0.2, 0.25) is 0 Å². The lowest BCUT2D eigenvalue weighted by Crippen LogP contribution is -2.20. The zero-order chi connectivity index (χ0) is 14.3. The summed E-state index contributed by atoms with van der Waals surface area (Å²) in [5.41, 5.74) is 0.954. The van der Waals surface area contributed by atoms with Gasteiger partial charge in [-0.3, -0.25) is 0 Å². The molecule has 1 aromatic carbocycles. The molecule has 19 heavy (non-hydrogen) atoms. The lowest BCUT2D eigenvalue weighted by Gasteiger charge is -2.18. The van der Waals surface area contributed by atoms with E-state index in [2.05, 4.69) is 32.7 Å². The number of ether oxygens (including phenoxy) is 1. The minimum atomic E-state index is 0.324. The molecule has 0 saturated carbocycles. The monoisotopic (exact) mass is 265 g/mol. The van der Waals surface area contributed by atoms with Gasteiger partial charge < -0.3 is 14.7 Å². The van der Waals surface area contributed by atoms with Gasteiger partial charge in [0.25, 0.3) is 0 Å². The maximum absolute atomic E-state index is 10.0. The molecule has 0 spiro atoms. The fourth-order valence-electron chi connectivity index (χ4n) is 1.84. The van der Waals surface area contributed by atoms with Gasteiger partial charge in [0, 0.05) is 18.2 Å². The second-order valence-corrected chi connectivity index (χ2v) is 5.56. The van der Waals surface area contributed by atoms with Crippen molar-refractivity contribution in [2.24, 2.45) is 5.92 Å². The molecule has 0 heterocycles. The molecule has 0 atom stereocenters. The summed E-state index contributed by atoms with van der Waals surface area (Å²) in [7, 11) is 2.09. The highest BCUT2D eigenvalue weighted by atomic mass is 16.5. The molecule has 3 heteroatoms. The highest BCUT2D eigenvalue weighted by Gasteiger charge is 2.07. The van der Waals surface area contributed by atoms with Crippen LogP contribution in [-0.4, -0.2) is 30.2 Å². The molecular formula is C16H27NO2. The predicted molar refractivity (Wildman–Crippen MR) is 79.7 cm³/mol. The van der Waals surface area contributed by atoms with E-state index in [9.17, 15) is 5.11 Å². The topological polar surface area (TPSA) is 32.7 Å². The first-order valence-corrected chi connectivity index (χ1v) is 7.16. The second-order valence-electron chi connectivity index (χ2n) is 5.56. The van der Waals surface area contributed by atoms with Gasteiger partial charge in [0.15, 0.2) is 0 Å². The van der Waals surface area contributed by atoms with Crippen LogP contribution in [0.5, 0.6) is 11.5 Å². The predicted octanol–water partition coefficient (Wildman–Crippen LogP) is 3.66. The van der Waals surface area contributed by atoms with Crippen LogP contribution in [0.2, 0.25) is 0 Å². The molecule has 0 aliphatic rings. The van der Waals surface area contributed by atoms with Crippen LogP contribution in [0.15, 0.2) is 18.2 Å². The average molecular weight is 265 g/mol. The van der Waals surface area contributed by atoms with E-state index >= 15 is 0 Å². The lowest BCUT2D eigenvalue weighted by atomic mass is 10.1. The van der Waals surface area contributed by atoms with Crippen molar-refractivity contribution in [3.05, 3.63) is 23.8 Å². The molecule has 1 rings (SSSR count). The molecule has 0 aliphatic heterocycles. The first kappa shape index (κ1) is 15.8. The zero-order valence-electron chi connectivity index (χ0n) is 12.6. The third-order valence-electron chi connectivity index (χ3n) is 3.06. The van der Waals surface area contributed by atoms with E-state index in [1.807, 2.05) is 12.1 Å². The largest absolute Gasteiger partial charge is 0.507 e. The normalized spacial score (nSPS) is 11.3. The minimum Gasteiger partial charge on any atom is -0.507 e. The lowest BCUT2D eigenvalue weighted by molar-refractivity contribution is 0.296. The maximum Gasteiger partial charge on any atom is 0.123 e. The molecule has 3 nitrogen and oxygen atoms in total. The van der Waals surface area contributed by atoms with Gasteiger partial charge >= 0.3 is 0 Å². The standard InChI is InChI=1S/C16H27NO2/c1-5-10-19-15-7-6-14(16(18)11-15)12-17(4)9-8-13(2)3/h6-7,11,13,18H,5,8-10,12H2,1-4H3. The molecule has 0 fully saturated rings. The van der Waals surface area contributed by atoms with Crippen LogP contribution >= 0.6 is 0 Å². The molecule has 0 unspecified atom stereocenters. The highest BCUT2D eigenvalue weighted by Crippen LogP contribution is 2.24. The first-order valence-electron chi connectivity index (χ1n) is 7.16. The summed E-state index contributed by atoms with van der Waals surface area (Å²) in [5.74, 6) is 1.78. The number of rotatable bonds is 8. The van der Waals surface area contributed by atoms with Crippen LogP contribution in [0.3, 0.4) is 0 Å². The minimum absolute atomic E-state index is 0.324. The number of benzene rings is 1. The van der Waals surface area contributed by atoms with Crippen LogP contribution in [0.1, 0.15) is 39.2 Å². The van der Waals surface area contributed by atoms with Gasteiger partial charge in [-0.1, -0.05) is 26.8 Å². The Bertz CT molecular complexity index is 377. The van der Waals surface area contributed by atoms with Gasteiger partial charge in [-0.05, 0) is 38.4 Å². The summed E-state index contributed by atoms with van der Waals surface area (Å²) in [5, 5.41) is 10.0. The van der Waals surface area contributed by atoms with E-state index in [-0.39, 0.29) is 0 Å². The van der Waals surface area contributed by atoms with Crippen molar-refractivity contribution >= 4 is 0 Å². The molecule has 0 bridgehead atoms. The number of nitrogens with zero attached hydrogens (tertiary/aromatic N) is 1. The van der Waals surface area contributed by atoms with E-state index in [0.717, 1.165) is 30.8 Å². The van der Waals surface area contributed by atoms with Crippen molar-refractivity contribution in [1.82, 2.24) is 4.90 Å². The molecular weight excluding hydrogens is 238 g/mol. The quantitative estimate of drug-likeness (QED) is 0.778. The maximum atomic E-state index is 10.0. The molecule has 108 valence electrons. The third-order valence-corrected chi connectivity index (χ3v) is 3.06. The van der Waals surface area contributed by atoms with Gasteiger partial charge in [0.1, 0.15) is 11.5 Å². The molecule has 0 saturated heterocycles. The zero-order valence-corrected chi connectivity index (χ0v) is 12.6. The Morgan fingerprint density at radius 2 is 2.05 bits per heavy atom. The molecule has 0 aliphatic carbocycles. The molecule has 1 N–H and O–H groups in total.